The largest absolute Gasteiger partial charge is 0.508 e. The Kier molecular flexibility index (Phi) is 3.32. The van der Waals surface area contributed by atoms with E-state index in [1.165, 1.54) is 0 Å². The first-order chi connectivity index (χ1) is 6.09. The third-order valence-electron chi connectivity index (χ3n) is 2.22. The smallest absolute Gasteiger partial charge is 0.115 e. The van der Waals surface area contributed by atoms with Crippen molar-refractivity contribution in [3.05, 3.63) is 29.8 Å². The molecule has 0 aromatic heterocycles. The zero-order chi connectivity index (χ0) is 9.84. The number of hydrogen-bond donors (Lipinski definition) is 1. The van der Waals surface area contributed by atoms with Crippen LogP contribution in [0.4, 0.5) is 0 Å². The average Bonchev–Trinajstić information content (AvgIpc) is 2.04. The monoisotopic (exact) mass is 179 g/mol. The summed E-state index contributed by atoms with van der Waals surface area (Å²) in [7, 11) is 2.08. The molecule has 13 heavy (non-hydrogen) atoms. The molecular formula is C11H17NO. The second kappa shape index (κ2) is 4.28. The van der Waals surface area contributed by atoms with Crippen LogP contribution in [0.3, 0.4) is 0 Å². The Morgan fingerprint density at radius 3 is 2.62 bits per heavy atom. The van der Waals surface area contributed by atoms with Crippen LogP contribution < -0.4 is 0 Å². The average molecular weight is 179 g/mol. The molecule has 0 aliphatic rings. The van der Waals surface area contributed by atoms with Crippen molar-refractivity contribution in [1.82, 2.24) is 4.90 Å². The van der Waals surface area contributed by atoms with E-state index in [4.69, 9.17) is 0 Å². The van der Waals surface area contributed by atoms with Gasteiger partial charge >= 0.3 is 0 Å². The molecule has 1 aromatic carbocycles. The molecule has 0 saturated heterocycles. The number of aromatic hydroxyl groups is 1. The summed E-state index contributed by atoms with van der Waals surface area (Å²) in [5.74, 6) is 0.342. The Morgan fingerprint density at radius 1 is 1.38 bits per heavy atom. The van der Waals surface area contributed by atoms with Crippen molar-refractivity contribution in [2.75, 3.05) is 7.05 Å². The fourth-order valence-electron chi connectivity index (χ4n) is 1.13. The first kappa shape index (κ1) is 10.1. The fourth-order valence-corrected chi connectivity index (χ4v) is 1.13. The summed E-state index contributed by atoms with van der Waals surface area (Å²) in [6.07, 6.45) is 0. The molecule has 1 rings (SSSR count). The van der Waals surface area contributed by atoms with E-state index in [2.05, 4.69) is 25.8 Å². The Bertz CT molecular complexity index is 271. The lowest BCUT2D eigenvalue weighted by Gasteiger charge is -2.20. The number of phenols is 1. The predicted molar refractivity (Wildman–Crippen MR) is 54.7 cm³/mol. The normalized spacial score (nSPS) is 11.2. The van der Waals surface area contributed by atoms with Crippen LogP contribution in [-0.4, -0.2) is 23.1 Å². The van der Waals surface area contributed by atoms with E-state index in [0.29, 0.717) is 11.8 Å². The molecular weight excluding hydrogens is 162 g/mol. The minimum atomic E-state index is 0.342. The summed E-state index contributed by atoms with van der Waals surface area (Å²) in [6, 6.07) is 7.93. The van der Waals surface area contributed by atoms with E-state index >= 15 is 0 Å². The van der Waals surface area contributed by atoms with Crippen molar-refractivity contribution < 1.29 is 5.11 Å². The molecule has 2 heteroatoms. The number of nitrogens with zero attached hydrogens (tertiary/aromatic N) is 1. The number of benzene rings is 1. The van der Waals surface area contributed by atoms with E-state index in [0.717, 1.165) is 12.1 Å². The van der Waals surface area contributed by atoms with Crippen LogP contribution in [0.5, 0.6) is 5.75 Å². The Labute approximate surface area is 79.8 Å². The quantitative estimate of drug-likeness (QED) is 0.769. The summed E-state index contributed by atoms with van der Waals surface area (Å²) in [5, 5.41) is 9.25. The Hall–Kier alpha value is -1.02. The summed E-state index contributed by atoms with van der Waals surface area (Å²) in [5.41, 5.74) is 1.15. The zero-order valence-corrected chi connectivity index (χ0v) is 8.49. The summed E-state index contributed by atoms with van der Waals surface area (Å²) in [4.78, 5) is 2.23. The molecule has 0 amide bonds. The molecule has 72 valence electrons. The van der Waals surface area contributed by atoms with Gasteiger partial charge < -0.3 is 5.11 Å². The van der Waals surface area contributed by atoms with Crippen LogP contribution in [0.25, 0.3) is 0 Å². The number of rotatable bonds is 3. The van der Waals surface area contributed by atoms with Gasteiger partial charge in [0, 0.05) is 12.6 Å². The molecule has 0 aliphatic heterocycles. The van der Waals surface area contributed by atoms with Gasteiger partial charge in [-0.1, -0.05) is 12.1 Å². The lowest BCUT2D eigenvalue weighted by Crippen LogP contribution is -2.25. The van der Waals surface area contributed by atoms with Crippen molar-refractivity contribution >= 4 is 0 Å². The zero-order valence-electron chi connectivity index (χ0n) is 8.49. The van der Waals surface area contributed by atoms with E-state index in [1.807, 2.05) is 12.1 Å². The molecule has 0 spiro atoms. The highest BCUT2D eigenvalue weighted by Crippen LogP contribution is 2.13. The third kappa shape index (κ3) is 3.07. The molecule has 0 aliphatic carbocycles. The van der Waals surface area contributed by atoms with Gasteiger partial charge in [-0.15, -0.1) is 0 Å². The topological polar surface area (TPSA) is 23.5 Å². The maximum Gasteiger partial charge on any atom is 0.115 e. The van der Waals surface area contributed by atoms with Gasteiger partial charge in [-0.3, -0.25) is 4.90 Å². The number of phenolic OH excluding ortho intramolecular Hbond substituents is 1. The summed E-state index contributed by atoms with van der Waals surface area (Å²) >= 11 is 0. The Balaban J connectivity index is 2.64. The van der Waals surface area contributed by atoms with Gasteiger partial charge in [-0.2, -0.15) is 0 Å². The van der Waals surface area contributed by atoms with Crippen LogP contribution in [0, 0.1) is 0 Å². The lowest BCUT2D eigenvalue weighted by molar-refractivity contribution is 0.265. The van der Waals surface area contributed by atoms with Crippen LogP contribution in [0.2, 0.25) is 0 Å². The van der Waals surface area contributed by atoms with E-state index in [1.54, 1.807) is 12.1 Å². The van der Waals surface area contributed by atoms with Crippen molar-refractivity contribution in [2.45, 2.75) is 26.4 Å². The van der Waals surface area contributed by atoms with Crippen LogP contribution >= 0.6 is 0 Å². The highest BCUT2D eigenvalue weighted by Gasteiger charge is 2.03. The molecule has 0 bridgehead atoms. The predicted octanol–water partition coefficient (Wildman–Crippen LogP) is 2.23. The van der Waals surface area contributed by atoms with Gasteiger partial charge in [0.25, 0.3) is 0 Å². The molecule has 0 radical (unpaired) electrons. The van der Waals surface area contributed by atoms with Crippen molar-refractivity contribution in [2.24, 2.45) is 0 Å². The maximum atomic E-state index is 9.25. The first-order valence-electron chi connectivity index (χ1n) is 4.57. The van der Waals surface area contributed by atoms with Gasteiger partial charge in [-0.25, -0.2) is 0 Å². The van der Waals surface area contributed by atoms with Crippen LogP contribution in [-0.2, 0) is 6.54 Å². The van der Waals surface area contributed by atoms with E-state index in [-0.39, 0.29) is 0 Å². The van der Waals surface area contributed by atoms with Crippen molar-refractivity contribution in [3.63, 3.8) is 0 Å². The van der Waals surface area contributed by atoms with Gasteiger partial charge in [0.15, 0.2) is 0 Å². The standard InChI is InChI=1S/C11H17NO/c1-9(2)12(3)8-10-5-4-6-11(13)7-10/h4-7,9,13H,8H2,1-3H3. The maximum absolute atomic E-state index is 9.25. The molecule has 2 nitrogen and oxygen atoms in total. The third-order valence-corrected chi connectivity index (χ3v) is 2.22. The molecule has 0 atom stereocenters. The van der Waals surface area contributed by atoms with Gasteiger partial charge in [-0.05, 0) is 38.6 Å². The molecule has 0 fully saturated rings. The summed E-state index contributed by atoms with van der Waals surface area (Å²) in [6.45, 7) is 5.19. The van der Waals surface area contributed by atoms with E-state index in [9.17, 15) is 5.11 Å². The minimum Gasteiger partial charge on any atom is -0.508 e. The molecule has 0 unspecified atom stereocenters. The first-order valence-corrected chi connectivity index (χ1v) is 4.57. The van der Waals surface area contributed by atoms with Crippen LogP contribution in [0.1, 0.15) is 19.4 Å². The fraction of sp³-hybridized carbons (Fsp3) is 0.455. The Morgan fingerprint density at radius 2 is 2.08 bits per heavy atom. The second-order valence-corrected chi connectivity index (χ2v) is 3.68. The SMILES string of the molecule is CC(C)N(C)Cc1cccc(O)c1. The van der Waals surface area contributed by atoms with Gasteiger partial charge in [0.05, 0.1) is 0 Å². The van der Waals surface area contributed by atoms with Crippen molar-refractivity contribution in [3.8, 4) is 5.75 Å². The van der Waals surface area contributed by atoms with E-state index < -0.39 is 0 Å². The van der Waals surface area contributed by atoms with Gasteiger partial charge in [0.2, 0.25) is 0 Å². The second-order valence-electron chi connectivity index (χ2n) is 3.68. The highest BCUT2D eigenvalue weighted by molar-refractivity contribution is 5.26. The molecule has 1 N–H and O–H groups in total. The molecule has 1 aromatic rings. The minimum absolute atomic E-state index is 0.342. The van der Waals surface area contributed by atoms with Gasteiger partial charge in [0.1, 0.15) is 5.75 Å². The van der Waals surface area contributed by atoms with Crippen LogP contribution in [0.15, 0.2) is 24.3 Å². The van der Waals surface area contributed by atoms with Crippen molar-refractivity contribution in [1.29, 1.82) is 0 Å². The number of hydrogen-bond acceptors (Lipinski definition) is 2. The molecule has 0 saturated carbocycles. The summed E-state index contributed by atoms with van der Waals surface area (Å²) < 4.78 is 0. The molecule has 0 heterocycles. The highest BCUT2D eigenvalue weighted by atomic mass is 16.3. The lowest BCUT2D eigenvalue weighted by atomic mass is 10.2.